The lowest BCUT2D eigenvalue weighted by Crippen LogP contribution is -2.40. The molecule has 0 aliphatic carbocycles. The van der Waals surface area contributed by atoms with E-state index >= 15 is 0 Å². The molecule has 0 saturated carbocycles. The topological polar surface area (TPSA) is 66.5 Å². The van der Waals surface area contributed by atoms with Gasteiger partial charge in [-0.2, -0.15) is 0 Å². The quantitative estimate of drug-likeness (QED) is 0.883. The van der Waals surface area contributed by atoms with Crippen molar-refractivity contribution in [2.24, 2.45) is 5.92 Å². The molecule has 5 nitrogen and oxygen atoms in total. The molecule has 2 rings (SSSR count). The maximum Gasteiger partial charge on any atom is 0.238 e. The molecule has 1 amide bonds. The lowest BCUT2D eigenvalue weighted by molar-refractivity contribution is -0.120. The average molecular weight is 310 g/mol. The zero-order chi connectivity index (χ0) is 15.5. The van der Waals surface area contributed by atoms with E-state index in [1.54, 1.807) is 0 Å². The first-order valence-electron chi connectivity index (χ1n) is 7.14. The molecule has 116 valence electrons. The van der Waals surface area contributed by atoms with Gasteiger partial charge in [-0.05, 0) is 31.4 Å². The second-order valence-corrected chi connectivity index (χ2v) is 8.02. The molecule has 1 aliphatic rings. The minimum Gasteiger partial charge on any atom is -0.371 e. The molecule has 1 heterocycles. The second-order valence-electron chi connectivity index (χ2n) is 5.65. The lowest BCUT2D eigenvalue weighted by atomic mass is 10.1. The van der Waals surface area contributed by atoms with Crippen LogP contribution in [0.15, 0.2) is 30.3 Å². The Labute approximate surface area is 126 Å². The third-order valence-electron chi connectivity index (χ3n) is 3.98. The molecule has 2 atom stereocenters. The van der Waals surface area contributed by atoms with Crippen LogP contribution in [-0.4, -0.2) is 45.5 Å². The van der Waals surface area contributed by atoms with Crippen LogP contribution in [-0.2, 0) is 14.6 Å². The first-order valence-corrected chi connectivity index (χ1v) is 9.10. The van der Waals surface area contributed by atoms with E-state index in [0.29, 0.717) is 12.5 Å². The summed E-state index contributed by atoms with van der Waals surface area (Å²) in [4.78, 5) is 14.1. The normalized spacial score (nSPS) is 20.3. The van der Waals surface area contributed by atoms with Gasteiger partial charge < -0.3 is 10.2 Å². The number of carbonyl (C=O) groups excluding carboxylic acids is 1. The Morgan fingerprint density at radius 1 is 1.38 bits per heavy atom. The fraction of sp³-hybridized carbons (Fsp3) is 0.533. The zero-order valence-electron chi connectivity index (χ0n) is 12.5. The number of hydrogen-bond acceptors (Lipinski definition) is 4. The highest BCUT2D eigenvalue weighted by Gasteiger charge is 2.26. The maximum atomic E-state index is 11.8. The molecule has 1 N–H and O–H groups in total. The van der Waals surface area contributed by atoms with Crippen molar-refractivity contribution in [3.63, 3.8) is 0 Å². The first kappa shape index (κ1) is 15.8. The van der Waals surface area contributed by atoms with Gasteiger partial charge in [0.1, 0.15) is 5.25 Å². The molecule has 21 heavy (non-hydrogen) atoms. The van der Waals surface area contributed by atoms with Gasteiger partial charge in [0.05, 0.1) is 0 Å². The maximum absolute atomic E-state index is 11.8. The Bertz CT molecular complexity index is 586. The van der Waals surface area contributed by atoms with E-state index in [9.17, 15) is 13.2 Å². The van der Waals surface area contributed by atoms with Gasteiger partial charge in [0.2, 0.25) is 5.91 Å². The number of carbonyl (C=O) groups is 1. The van der Waals surface area contributed by atoms with Crippen molar-refractivity contribution in [1.82, 2.24) is 5.32 Å². The third kappa shape index (κ3) is 4.20. The number of rotatable bonds is 5. The number of nitrogens with zero attached hydrogens (tertiary/aromatic N) is 1. The molecule has 0 radical (unpaired) electrons. The lowest BCUT2D eigenvalue weighted by Gasteiger charge is -2.19. The monoisotopic (exact) mass is 310 g/mol. The van der Waals surface area contributed by atoms with Gasteiger partial charge >= 0.3 is 0 Å². The predicted octanol–water partition coefficient (Wildman–Crippen LogP) is 1.06. The highest BCUT2D eigenvalue weighted by molar-refractivity contribution is 7.92. The second kappa shape index (κ2) is 6.47. The summed E-state index contributed by atoms with van der Waals surface area (Å²) in [5.74, 6) is -0.0448. The number of benzene rings is 1. The van der Waals surface area contributed by atoms with Gasteiger partial charge in [0, 0.05) is 31.6 Å². The molecule has 6 heteroatoms. The molecule has 0 bridgehead atoms. The van der Waals surface area contributed by atoms with Crippen molar-refractivity contribution >= 4 is 21.4 Å². The smallest absolute Gasteiger partial charge is 0.238 e. The van der Waals surface area contributed by atoms with E-state index in [-0.39, 0.29) is 0 Å². The molecule has 1 aliphatic heterocycles. The molecular formula is C15H22N2O3S. The summed E-state index contributed by atoms with van der Waals surface area (Å²) < 4.78 is 22.7. The van der Waals surface area contributed by atoms with Crippen LogP contribution >= 0.6 is 0 Å². The van der Waals surface area contributed by atoms with E-state index in [1.807, 2.05) is 18.2 Å². The molecule has 1 aromatic rings. The number of anilines is 1. The summed E-state index contributed by atoms with van der Waals surface area (Å²) in [5.41, 5.74) is 1.19. The van der Waals surface area contributed by atoms with E-state index in [4.69, 9.17) is 0 Å². The molecule has 1 saturated heterocycles. The van der Waals surface area contributed by atoms with Crippen LogP contribution in [0.4, 0.5) is 5.69 Å². The summed E-state index contributed by atoms with van der Waals surface area (Å²) in [6, 6.07) is 10.2. The zero-order valence-corrected chi connectivity index (χ0v) is 13.3. The van der Waals surface area contributed by atoms with Crippen molar-refractivity contribution < 1.29 is 13.2 Å². The summed E-state index contributed by atoms with van der Waals surface area (Å²) in [6.45, 7) is 3.81. The first-order chi connectivity index (χ1) is 9.88. The van der Waals surface area contributed by atoms with Crippen LogP contribution in [0, 0.1) is 5.92 Å². The van der Waals surface area contributed by atoms with Gasteiger partial charge in [0.25, 0.3) is 0 Å². The van der Waals surface area contributed by atoms with Crippen LogP contribution in [0.2, 0.25) is 0 Å². The van der Waals surface area contributed by atoms with E-state index in [0.717, 1.165) is 25.8 Å². The minimum absolute atomic E-state index is 0.362. The average Bonchev–Trinajstić information content (AvgIpc) is 2.93. The van der Waals surface area contributed by atoms with Crippen LogP contribution in [0.3, 0.4) is 0 Å². The number of amides is 1. The Morgan fingerprint density at radius 2 is 2.05 bits per heavy atom. The van der Waals surface area contributed by atoms with Crippen molar-refractivity contribution in [2.75, 3.05) is 30.8 Å². The van der Waals surface area contributed by atoms with Crippen LogP contribution < -0.4 is 10.2 Å². The summed E-state index contributed by atoms with van der Waals surface area (Å²) >= 11 is 0. The van der Waals surface area contributed by atoms with Crippen molar-refractivity contribution in [3.05, 3.63) is 30.3 Å². The molecule has 0 spiro atoms. The summed E-state index contributed by atoms with van der Waals surface area (Å²) in [5, 5.41) is 1.78. The highest BCUT2D eigenvalue weighted by atomic mass is 32.2. The van der Waals surface area contributed by atoms with E-state index < -0.39 is 21.0 Å². The number of hydrogen-bond donors (Lipinski definition) is 1. The molecular weight excluding hydrogens is 288 g/mol. The molecule has 0 aromatic heterocycles. The van der Waals surface area contributed by atoms with Crippen LogP contribution in [0.25, 0.3) is 0 Å². The van der Waals surface area contributed by atoms with Crippen LogP contribution in [0.1, 0.15) is 13.3 Å². The number of sulfone groups is 1. The minimum atomic E-state index is -3.32. The Hall–Kier alpha value is -1.56. The highest BCUT2D eigenvalue weighted by Crippen LogP contribution is 2.22. The Balaban J connectivity index is 1.83. The summed E-state index contributed by atoms with van der Waals surface area (Å²) in [6.07, 6.45) is 2.09. The molecule has 1 fully saturated rings. The van der Waals surface area contributed by atoms with E-state index in [1.165, 1.54) is 12.6 Å². The van der Waals surface area contributed by atoms with Gasteiger partial charge in [-0.25, -0.2) is 8.42 Å². The third-order valence-corrected chi connectivity index (χ3v) is 5.48. The van der Waals surface area contributed by atoms with E-state index in [2.05, 4.69) is 22.3 Å². The van der Waals surface area contributed by atoms with Gasteiger partial charge in [-0.3, -0.25) is 4.79 Å². The summed E-state index contributed by atoms with van der Waals surface area (Å²) in [7, 11) is -3.32. The number of nitrogens with one attached hydrogen (secondary N) is 1. The van der Waals surface area contributed by atoms with Gasteiger partial charge in [-0.15, -0.1) is 0 Å². The largest absolute Gasteiger partial charge is 0.371 e. The van der Waals surface area contributed by atoms with Crippen LogP contribution in [0.5, 0.6) is 0 Å². The van der Waals surface area contributed by atoms with Gasteiger partial charge in [-0.1, -0.05) is 18.2 Å². The van der Waals surface area contributed by atoms with Crippen molar-refractivity contribution in [1.29, 1.82) is 0 Å². The van der Waals surface area contributed by atoms with Gasteiger partial charge in [0.15, 0.2) is 9.84 Å². The SMILES string of the molecule is CC(C(=O)NCC1CCN(c2ccccc2)C1)S(C)(=O)=O. The Morgan fingerprint density at radius 3 is 2.67 bits per heavy atom. The number of para-hydroxylation sites is 1. The van der Waals surface area contributed by atoms with Crippen molar-refractivity contribution in [3.8, 4) is 0 Å². The Kier molecular flexibility index (Phi) is 4.88. The fourth-order valence-corrected chi connectivity index (χ4v) is 2.93. The molecule has 1 aromatic carbocycles. The predicted molar refractivity (Wildman–Crippen MR) is 84.1 cm³/mol. The standard InChI is InChI=1S/C15H22N2O3S/c1-12(21(2,19)20)15(18)16-10-13-8-9-17(11-13)14-6-4-3-5-7-14/h3-7,12-13H,8-11H2,1-2H3,(H,16,18). The molecule has 2 unspecified atom stereocenters. The fourth-order valence-electron chi connectivity index (χ4n) is 2.46. The van der Waals surface area contributed by atoms with Crippen molar-refractivity contribution in [2.45, 2.75) is 18.6 Å².